The number of unbranched alkanes of at least 4 members (excludes halogenated alkanes) is 16. The third-order valence-corrected chi connectivity index (χ3v) is 8.26. The zero-order valence-electron chi connectivity index (χ0n) is 33.5. The number of ether oxygens (including phenoxy) is 3. The maximum absolute atomic E-state index is 12.6. The van der Waals surface area contributed by atoms with Crippen molar-refractivity contribution in [2.45, 2.75) is 200 Å². The van der Waals surface area contributed by atoms with Crippen molar-refractivity contribution in [2.75, 3.05) is 13.2 Å². The number of allylic oxidation sites excluding steroid dienone is 8. The molecule has 0 heterocycles. The first-order valence-corrected chi connectivity index (χ1v) is 20.6. The van der Waals surface area contributed by atoms with Crippen LogP contribution in [-0.4, -0.2) is 42.9 Å². The minimum Gasteiger partial charge on any atom is -0.462 e. The molecule has 0 aromatic rings. The Kier molecular flexibility index (Phi) is 33.6. The van der Waals surface area contributed by atoms with Crippen LogP contribution in [0.3, 0.4) is 0 Å². The second-order valence-electron chi connectivity index (χ2n) is 14.6. The smallest absolute Gasteiger partial charge is 0.407 e. The molecule has 0 rings (SSSR count). The molecule has 7 nitrogen and oxygen atoms in total. The summed E-state index contributed by atoms with van der Waals surface area (Å²) in [7, 11) is 0. The molecular weight excluding hydrogens is 638 g/mol. The first-order valence-electron chi connectivity index (χ1n) is 20.6. The number of hydrogen-bond donors (Lipinski definition) is 1. The first kappa shape index (κ1) is 48.2. The predicted molar refractivity (Wildman–Crippen MR) is 214 cm³/mol. The zero-order chi connectivity index (χ0) is 37.7. The highest BCUT2D eigenvalue weighted by Crippen LogP contribution is 2.12. The van der Waals surface area contributed by atoms with Gasteiger partial charge in [-0.05, 0) is 97.8 Å². The van der Waals surface area contributed by atoms with Gasteiger partial charge >= 0.3 is 18.0 Å². The van der Waals surface area contributed by atoms with Gasteiger partial charge in [-0.15, -0.1) is 0 Å². The molecule has 1 unspecified atom stereocenters. The zero-order valence-corrected chi connectivity index (χ0v) is 33.5. The van der Waals surface area contributed by atoms with Gasteiger partial charge in [-0.1, -0.05) is 127 Å². The lowest BCUT2D eigenvalue weighted by molar-refractivity contribution is -0.159. The number of esters is 2. The molecule has 1 atom stereocenters. The third kappa shape index (κ3) is 38.2. The summed E-state index contributed by atoms with van der Waals surface area (Å²) in [6.45, 7) is 9.73. The van der Waals surface area contributed by atoms with E-state index in [9.17, 15) is 14.4 Å². The van der Waals surface area contributed by atoms with Gasteiger partial charge in [-0.2, -0.15) is 0 Å². The highest BCUT2D eigenvalue weighted by Gasteiger charge is 2.21. The van der Waals surface area contributed by atoms with Crippen LogP contribution in [0.4, 0.5) is 4.79 Å². The SMILES string of the molecule is CCCCC/C=C\C/C=C\CCCCCCCC(=O)OCC(CNC(=O)OC(C)(C)C)OC(=O)CCCCCCC/C=C\C/C=C\CCCCC. The van der Waals surface area contributed by atoms with Gasteiger partial charge in [0.15, 0.2) is 6.10 Å². The molecule has 1 N–H and O–H groups in total. The Labute approximate surface area is 313 Å². The Bertz CT molecular complexity index is 961. The summed E-state index contributed by atoms with van der Waals surface area (Å²) in [5.74, 6) is -0.658. The Balaban J connectivity index is 4.24. The van der Waals surface area contributed by atoms with E-state index in [1.807, 2.05) is 0 Å². The van der Waals surface area contributed by atoms with Gasteiger partial charge in [0, 0.05) is 12.8 Å². The molecule has 0 radical (unpaired) electrons. The van der Waals surface area contributed by atoms with E-state index in [0.717, 1.165) is 89.9 Å². The average Bonchev–Trinajstić information content (AvgIpc) is 3.08. The molecule has 0 aliphatic heterocycles. The number of hydrogen-bond acceptors (Lipinski definition) is 6. The molecule has 0 aromatic carbocycles. The van der Waals surface area contributed by atoms with Crippen molar-refractivity contribution in [3.8, 4) is 0 Å². The number of carbonyl (C=O) groups excluding carboxylic acids is 3. The highest BCUT2D eigenvalue weighted by molar-refractivity contribution is 5.71. The Morgan fingerprint density at radius 3 is 1.41 bits per heavy atom. The van der Waals surface area contributed by atoms with Crippen LogP contribution >= 0.6 is 0 Å². The number of amides is 1. The maximum Gasteiger partial charge on any atom is 0.407 e. The van der Waals surface area contributed by atoms with Crippen molar-refractivity contribution in [3.05, 3.63) is 48.6 Å². The summed E-state index contributed by atoms with van der Waals surface area (Å²) >= 11 is 0. The van der Waals surface area contributed by atoms with Crippen molar-refractivity contribution in [2.24, 2.45) is 0 Å². The lowest BCUT2D eigenvalue weighted by atomic mass is 10.1. The largest absolute Gasteiger partial charge is 0.462 e. The molecule has 0 aliphatic carbocycles. The molecule has 0 fully saturated rings. The van der Waals surface area contributed by atoms with E-state index in [2.05, 4.69) is 67.8 Å². The Hall–Kier alpha value is -2.83. The van der Waals surface area contributed by atoms with E-state index >= 15 is 0 Å². The van der Waals surface area contributed by atoms with Crippen molar-refractivity contribution in [1.82, 2.24) is 5.32 Å². The average molecular weight is 716 g/mol. The van der Waals surface area contributed by atoms with Gasteiger partial charge in [-0.3, -0.25) is 9.59 Å². The molecule has 0 aromatic heterocycles. The molecule has 0 saturated heterocycles. The maximum atomic E-state index is 12.6. The van der Waals surface area contributed by atoms with Gasteiger partial charge in [0.2, 0.25) is 0 Å². The summed E-state index contributed by atoms with van der Waals surface area (Å²) in [6, 6.07) is 0. The quantitative estimate of drug-likeness (QED) is 0.0315. The van der Waals surface area contributed by atoms with Gasteiger partial charge in [0.25, 0.3) is 0 Å². The number of nitrogens with one attached hydrogen (secondary N) is 1. The van der Waals surface area contributed by atoms with Gasteiger partial charge in [0.05, 0.1) is 6.54 Å². The minimum atomic E-state index is -0.767. The van der Waals surface area contributed by atoms with Crippen molar-refractivity contribution in [3.63, 3.8) is 0 Å². The topological polar surface area (TPSA) is 90.9 Å². The normalized spacial score (nSPS) is 12.7. The van der Waals surface area contributed by atoms with Crippen LogP contribution in [0.1, 0.15) is 189 Å². The van der Waals surface area contributed by atoms with E-state index in [4.69, 9.17) is 14.2 Å². The molecule has 1 amide bonds. The van der Waals surface area contributed by atoms with Gasteiger partial charge in [0.1, 0.15) is 12.2 Å². The predicted octanol–water partition coefficient (Wildman–Crippen LogP) is 12.6. The van der Waals surface area contributed by atoms with Gasteiger partial charge < -0.3 is 19.5 Å². The lowest BCUT2D eigenvalue weighted by Gasteiger charge is -2.22. The molecule has 0 saturated carbocycles. The summed E-state index contributed by atoms with van der Waals surface area (Å²) < 4.78 is 16.4. The Morgan fingerprint density at radius 1 is 0.549 bits per heavy atom. The second-order valence-corrected chi connectivity index (χ2v) is 14.6. The fraction of sp³-hybridized carbons (Fsp3) is 0.750. The van der Waals surface area contributed by atoms with Crippen LogP contribution < -0.4 is 5.32 Å². The van der Waals surface area contributed by atoms with Gasteiger partial charge in [-0.25, -0.2) is 4.79 Å². The van der Waals surface area contributed by atoms with E-state index in [0.29, 0.717) is 12.8 Å². The molecule has 294 valence electrons. The van der Waals surface area contributed by atoms with Crippen molar-refractivity contribution in [1.29, 1.82) is 0 Å². The molecular formula is C44H77NO6. The summed E-state index contributed by atoms with van der Waals surface area (Å²) in [5, 5.41) is 2.64. The summed E-state index contributed by atoms with van der Waals surface area (Å²) in [5.41, 5.74) is -0.647. The van der Waals surface area contributed by atoms with E-state index in [1.54, 1.807) is 20.8 Å². The molecule has 0 spiro atoms. The van der Waals surface area contributed by atoms with Crippen LogP contribution in [0.25, 0.3) is 0 Å². The Morgan fingerprint density at radius 2 is 0.961 bits per heavy atom. The van der Waals surface area contributed by atoms with E-state index in [-0.39, 0.29) is 25.1 Å². The summed E-state index contributed by atoms with van der Waals surface area (Å²) in [4.78, 5) is 37.2. The van der Waals surface area contributed by atoms with Crippen LogP contribution in [0.5, 0.6) is 0 Å². The second kappa shape index (κ2) is 35.6. The fourth-order valence-electron chi connectivity index (χ4n) is 5.31. The molecule has 0 bridgehead atoms. The number of rotatable bonds is 33. The van der Waals surface area contributed by atoms with Crippen LogP contribution in [0.2, 0.25) is 0 Å². The molecule has 51 heavy (non-hydrogen) atoms. The lowest BCUT2D eigenvalue weighted by Crippen LogP contribution is -2.40. The van der Waals surface area contributed by atoms with Crippen molar-refractivity contribution < 1.29 is 28.6 Å². The summed E-state index contributed by atoms with van der Waals surface area (Å²) in [6.07, 6.45) is 41.9. The van der Waals surface area contributed by atoms with Crippen LogP contribution in [-0.2, 0) is 23.8 Å². The third-order valence-electron chi connectivity index (χ3n) is 8.26. The molecule has 7 heteroatoms. The highest BCUT2D eigenvalue weighted by atomic mass is 16.6. The van der Waals surface area contributed by atoms with Crippen LogP contribution in [0.15, 0.2) is 48.6 Å². The number of carbonyl (C=O) groups is 3. The standard InChI is InChI=1S/C44H77NO6/c1-6-8-10-12-14-16-18-20-22-24-26-28-30-32-34-36-41(46)49-39-40(38-45-43(48)51-44(3,4)5)50-42(47)37-35-33-31-29-27-25-23-21-19-17-15-13-11-9-7-2/h14-17,20-23,40H,6-13,18-19,24-39H2,1-5H3,(H,45,48)/b16-14-,17-15-,22-20-,23-21-. The molecule has 0 aliphatic rings. The van der Waals surface area contributed by atoms with Crippen LogP contribution in [0, 0.1) is 0 Å². The fourth-order valence-corrected chi connectivity index (χ4v) is 5.31. The van der Waals surface area contributed by atoms with Crippen molar-refractivity contribution >= 4 is 18.0 Å². The minimum absolute atomic E-state index is 0.0137. The number of alkyl carbamates (subject to hydrolysis) is 1. The monoisotopic (exact) mass is 716 g/mol. The first-order chi connectivity index (χ1) is 24.7. The van der Waals surface area contributed by atoms with E-state index < -0.39 is 17.8 Å². The van der Waals surface area contributed by atoms with E-state index in [1.165, 1.54) is 51.4 Å².